The first-order valence-corrected chi connectivity index (χ1v) is 11.7. The molecule has 0 atom stereocenters. The molecule has 0 saturated heterocycles. The lowest BCUT2D eigenvalue weighted by molar-refractivity contribution is -0.146. The van der Waals surface area contributed by atoms with Gasteiger partial charge in [-0.05, 0) is 86.1 Å². The Bertz CT molecular complexity index is 1210. The Morgan fingerprint density at radius 1 is 0.853 bits per heavy atom. The Kier molecular flexibility index (Phi) is 6.68. The van der Waals surface area contributed by atoms with Gasteiger partial charge in [-0.3, -0.25) is 9.59 Å². The van der Waals surface area contributed by atoms with Gasteiger partial charge in [0, 0.05) is 17.2 Å². The van der Waals surface area contributed by atoms with Gasteiger partial charge in [0.15, 0.2) is 0 Å². The molecule has 0 spiro atoms. The predicted octanol–water partition coefficient (Wildman–Crippen LogP) is 5.35. The molecule has 3 N–H and O–H groups in total. The number of carbonyl (C=O) groups is 3. The van der Waals surface area contributed by atoms with Gasteiger partial charge in [0.2, 0.25) is 5.91 Å². The highest BCUT2D eigenvalue weighted by Gasteiger charge is 2.33. The van der Waals surface area contributed by atoms with Crippen molar-refractivity contribution >= 4 is 34.2 Å². The van der Waals surface area contributed by atoms with Crippen molar-refractivity contribution in [3.63, 3.8) is 0 Å². The van der Waals surface area contributed by atoms with Crippen LogP contribution in [0.4, 0.5) is 5.69 Å². The van der Waals surface area contributed by atoms with Crippen molar-refractivity contribution in [2.24, 2.45) is 5.92 Å². The standard InChI is InChI=1S/C28H30N2O4/c1-28(2,27(33)34)30-26(32)21-10-7-19(8-11-21)20-13-15-24(16-14-20)29-25(31)23-12-9-18-5-3-4-6-22(18)17-23/h3-6,9,12-17,19,21H,7-8,10-11H2,1-2H3,(H,29,31)(H,30,32)(H,33,34). The molecule has 4 rings (SSSR count). The van der Waals surface area contributed by atoms with Gasteiger partial charge in [0.25, 0.3) is 5.91 Å². The highest BCUT2D eigenvalue weighted by Crippen LogP contribution is 2.36. The van der Waals surface area contributed by atoms with Crippen molar-refractivity contribution in [3.8, 4) is 0 Å². The van der Waals surface area contributed by atoms with Crippen LogP contribution < -0.4 is 10.6 Å². The van der Waals surface area contributed by atoms with Gasteiger partial charge >= 0.3 is 5.97 Å². The number of anilines is 1. The fourth-order valence-electron chi connectivity index (χ4n) is 4.52. The molecule has 0 bridgehead atoms. The first-order chi connectivity index (χ1) is 16.2. The number of carboxylic acids is 1. The number of hydrogen-bond donors (Lipinski definition) is 3. The zero-order valence-corrected chi connectivity index (χ0v) is 19.5. The Hall–Kier alpha value is -3.67. The van der Waals surface area contributed by atoms with E-state index in [-0.39, 0.29) is 17.7 Å². The molecule has 1 saturated carbocycles. The van der Waals surface area contributed by atoms with E-state index in [1.54, 1.807) is 0 Å². The molecule has 34 heavy (non-hydrogen) atoms. The van der Waals surface area contributed by atoms with Crippen molar-refractivity contribution in [2.75, 3.05) is 5.32 Å². The van der Waals surface area contributed by atoms with Crippen LogP contribution in [0.5, 0.6) is 0 Å². The molecule has 6 heteroatoms. The summed E-state index contributed by atoms with van der Waals surface area (Å²) in [5.74, 6) is -1.17. The van der Waals surface area contributed by atoms with E-state index in [4.69, 9.17) is 0 Å². The molecule has 1 aliphatic carbocycles. The van der Waals surface area contributed by atoms with Gasteiger partial charge in [0.05, 0.1) is 0 Å². The van der Waals surface area contributed by atoms with E-state index in [1.165, 1.54) is 19.4 Å². The van der Waals surface area contributed by atoms with Crippen LogP contribution in [0.1, 0.15) is 61.4 Å². The summed E-state index contributed by atoms with van der Waals surface area (Å²) in [6.45, 7) is 3.00. The molecular weight excluding hydrogens is 428 g/mol. The second-order valence-corrected chi connectivity index (χ2v) is 9.61. The third-order valence-corrected chi connectivity index (χ3v) is 6.72. The van der Waals surface area contributed by atoms with Gasteiger partial charge in [-0.15, -0.1) is 0 Å². The van der Waals surface area contributed by atoms with Gasteiger partial charge in [-0.1, -0.05) is 42.5 Å². The maximum atomic E-state index is 12.7. The molecule has 1 aliphatic rings. The summed E-state index contributed by atoms with van der Waals surface area (Å²) in [7, 11) is 0. The first-order valence-electron chi connectivity index (χ1n) is 11.7. The largest absolute Gasteiger partial charge is 0.480 e. The number of carbonyl (C=O) groups excluding carboxylic acids is 2. The average Bonchev–Trinajstić information content (AvgIpc) is 2.84. The lowest BCUT2D eigenvalue weighted by atomic mass is 9.78. The summed E-state index contributed by atoms with van der Waals surface area (Å²) >= 11 is 0. The fourth-order valence-corrected chi connectivity index (χ4v) is 4.52. The van der Waals surface area contributed by atoms with Crippen LogP contribution in [0.3, 0.4) is 0 Å². The minimum absolute atomic E-state index is 0.144. The van der Waals surface area contributed by atoms with Crippen LogP contribution >= 0.6 is 0 Å². The average molecular weight is 459 g/mol. The molecule has 3 aromatic carbocycles. The smallest absolute Gasteiger partial charge is 0.328 e. The molecule has 0 aromatic heterocycles. The van der Waals surface area contributed by atoms with Gasteiger partial charge in [-0.2, -0.15) is 0 Å². The number of amides is 2. The zero-order chi connectivity index (χ0) is 24.3. The van der Waals surface area contributed by atoms with Crippen molar-refractivity contribution in [2.45, 2.75) is 51.0 Å². The lowest BCUT2D eigenvalue weighted by Gasteiger charge is -2.30. The summed E-state index contributed by atoms with van der Waals surface area (Å²) in [5, 5.41) is 17.0. The van der Waals surface area contributed by atoms with Gasteiger partial charge in [0.1, 0.15) is 5.54 Å². The van der Waals surface area contributed by atoms with Crippen LogP contribution in [0, 0.1) is 5.92 Å². The second kappa shape index (κ2) is 9.67. The van der Waals surface area contributed by atoms with Crippen LogP contribution in [0.2, 0.25) is 0 Å². The number of nitrogens with one attached hydrogen (secondary N) is 2. The Morgan fingerprint density at radius 3 is 2.15 bits per heavy atom. The van der Waals surface area contributed by atoms with E-state index in [9.17, 15) is 19.5 Å². The molecule has 3 aromatic rings. The van der Waals surface area contributed by atoms with Crippen LogP contribution in [0.15, 0.2) is 66.7 Å². The molecule has 2 amide bonds. The molecule has 0 radical (unpaired) electrons. The van der Waals surface area contributed by atoms with E-state index >= 15 is 0 Å². The van der Waals surface area contributed by atoms with E-state index in [1.807, 2.05) is 66.7 Å². The minimum atomic E-state index is -1.26. The Morgan fingerprint density at radius 2 is 1.50 bits per heavy atom. The summed E-state index contributed by atoms with van der Waals surface area (Å²) in [6.07, 6.45) is 3.20. The van der Waals surface area contributed by atoms with E-state index in [0.29, 0.717) is 11.5 Å². The van der Waals surface area contributed by atoms with Crippen LogP contribution in [-0.2, 0) is 9.59 Å². The normalized spacial score (nSPS) is 18.3. The highest BCUT2D eigenvalue weighted by molar-refractivity contribution is 6.06. The number of carboxylic acid groups (broad SMARTS) is 1. The Balaban J connectivity index is 1.32. The summed E-state index contributed by atoms with van der Waals surface area (Å²) < 4.78 is 0. The number of fused-ring (bicyclic) bond motifs is 1. The number of benzene rings is 3. The van der Waals surface area contributed by atoms with E-state index in [0.717, 1.165) is 42.1 Å². The van der Waals surface area contributed by atoms with Gasteiger partial charge < -0.3 is 15.7 Å². The molecule has 0 aliphatic heterocycles. The maximum absolute atomic E-state index is 12.7. The van der Waals surface area contributed by atoms with Crippen molar-refractivity contribution in [1.29, 1.82) is 0 Å². The van der Waals surface area contributed by atoms with Gasteiger partial charge in [-0.25, -0.2) is 4.79 Å². The fraction of sp³-hybridized carbons (Fsp3) is 0.321. The molecule has 0 unspecified atom stereocenters. The van der Waals surface area contributed by atoms with Crippen molar-refractivity contribution in [1.82, 2.24) is 5.32 Å². The third-order valence-electron chi connectivity index (χ3n) is 6.72. The number of hydrogen-bond acceptors (Lipinski definition) is 3. The number of aliphatic carboxylic acids is 1. The highest BCUT2D eigenvalue weighted by atomic mass is 16.4. The van der Waals surface area contributed by atoms with Crippen molar-refractivity contribution in [3.05, 3.63) is 77.9 Å². The topological polar surface area (TPSA) is 95.5 Å². The van der Waals surface area contributed by atoms with E-state index < -0.39 is 11.5 Å². The Labute approximate surface area is 199 Å². The SMILES string of the molecule is CC(C)(NC(=O)C1CCC(c2ccc(NC(=O)c3ccc4ccccc4c3)cc2)CC1)C(=O)O. The third kappa shape index (κ3) is 5.28. The summed E-state index contributed by atoms with van der Waals surface area (Å²) in [6, 6.07) is 21.5. The minimum Gasteiger partial charge on any atom is -0.480 e. The maximum Gasteiger partial charge on any atom is 0.328 e. The molecule has 6 nitrogen and oxygen atoms in total. The lowest BCUT2D eigenvalue weighted by Crippen LogP contribution is -2.51. The summed E-state index contributed by atoms with van der Waals surface area (Å²) in [4.78, 5) is 36.4. The first kappa shape index (κ1) is 23.5. The monoisotopic (exact) mass is 458 g/mol. The molecule has 0 heterocycles. The van der Waals surface area contributed by atoms with Crippen molar-refractivity contribution < 1.29 is 19.5 Å². The van der Waals surface area contributed by atoms with Crippen LogP contribution in [0.25, 0.3) is 10.8 Å². The summed E-state index contributed by atoms with van der Waals surface area (Å²) in [5.41, 5.74) is 1.28. The molecule has 1 fully saturated rings. The van der Waals surface area contributed by atoms with E-state index in [2.05, 4.69) is 10.6 Å². The predicted molar refractivity (Wildman–Crippen MR) is 133 cm³/mol. The number of rotatable bonds is 6. The molecular formula is C28H30N2O4. The zero-order valence-electron chi connectivity index (χ0n) is 19.5. The molecule has 176 valence electrons. The second-order valence-electron chi connectivity index (χ2n) is 9.61. The van der Waals surface area contributed by atoms with Crippen LogP contribution in [-0.4, -0.2) is 28.4 Å². The quantitative estimate of drug-likeness (QED) is 0.464.